The molecule has 3 nitrogen and oxygen atoms in total. The Morgan fingerprint density at radius 2 is 2.11 bits per heavy atom. The second kappa shape index (κ2) is 6.70. The summed E-state index contributed by atoms with van der Waals surface area (Å²) in [5.74, 6) is -0.802. The number of rotatable bonds is 4. The van der Waals surface area contributed by atoms with Crippen LogP contribution < -0.4 is 11.1 Å². The van der Waals surface area contributed by atoms with E-state index in [1.807, 2.05) is 6.92 Å². The minimum atomic E-state index is -0.515. The van der Waals surface area contributed by atoms with Crippen LogP contribution in [-0.4, -0.2) is 10.9 Å². The second-order valence-electron chi connectivity index (χ2n) is 3.58. The van der Waals surface area contributed by atoms with Gasteiger partial charge in [0.15, 0.2) is 0 Å². The zero-order chi connectivity index (χ0) is 13.9. The summed E-state index contributed by atoms with van der Waals surface area (Å²) in [6, 6.07) is 3.36. The minimum absolute atomic E-state index is 0.161. The van der Waals surface area contributed by atoms with Gasteiger partial charge in [-0.2, -0.15) is 0 Å². The Hall–Kier alpha value is -0.360. The number of nitrogens with one attached hydrogen (secondary N) is 1. The number of anilines is 1. The zero-order valence-corrected chi connectivity index (χ0v) is 13.4. The molecule has 0 radical (unpaired) electrons. The number of amides is 1. The fourth-order valence-corrected chi connectivity index (χ4v) is 2.45. The summed E-state index contributed by atoms with van der Waals surface area (Å²) in [7, 11) is 0. The first-order valence-corrected chi connectivity index (χ1v) is 7.07. The van der Waals surface area contributed by atoms with Crippen molar-refractivity contribution in [1.82, 2.24) is 0 Å². The molecule has 0 fully saturated rings. The van der Waals surface area contributed by atoms with Crippen LogP contribution in [-0.2, 0) is 4.79 Å². The van der Waals surface area contributed by atoms with E-state index < -0.39 is 5.92 Å². The van der Waals surface area contributed by atoms with Gasteiger partial charge in [-0.15, -0.1) is 0 Å². The van der Waals surface area contributed by atoms with E-state index in [0.717, 1.165) is 0 Å². The maximum atomic E-state index is 11.9. The summed E-state index contributed by atoms with van der Waals surface area (Å²) in [4.78, 5) is 12.1. The predicted molar refractivity (Wildman–Crippen MR) is 83.4 cm³/mol. The molecule has 0 bridgehead atoms. The fraction of sp³-hybridized carbons (Fsp3) is 0.273. The average Bonchev–Trinajstić information content (AvgIpc) is 2.30. The highest BCUT2D eigenvalue weighted by Gasteiger charge is 2.20. The Kier molecular flexibility index (Phi) is 5.85. The molecule has 18 heavy (non-hydrogen) atoms. The van der Waals surface area contributed by atoms with E-state index in [1.165, 1.54) is 0 Å². The summed E-state index contributed by atoms with van der Waals surface area (Å²) in [5.41, 5.74) is 5.93. The van der Waals surface area contributed by atoms with Crippen molar-refractivity contribution in [2.45, 2.75) is 13.3 Å². The Bertz CT molecular complexity index is 496. The van der Waals surface area contributed by atoms with Gasteiger partial charge in [0.2, 0.25) is 5.91 Å². The molecule has 1 aromatic carbocycles. The van der Waals surface area contributed by atoms with E-state index in [2.05, 4.69) is 21.2 Å². The van der Waals surface area contributed by atoms with E-state index in [9.17, 15) is 4.79 Å². The Morgan fingerprint density at radius 3 is 2.61 bits per heavy atom. The summed E-state index contributed by atoms with van der Waals surface area (Å²) in [6.45, 7) is 1.83. The van der Waals surface area contributed by atoms with E-state index in [-0.39, 0.29) is 15.9 Å². The average molecular weight is 370 g/mol. The molecule has 0 aliphatic heterocycles. The van der Waals surface area contributed by atoms with Crippen LogP contribution in [0, 0.1) is 5.92 Å². The molecule has 1 atom stereocenters. The number of nitrogens with two attached hydrogens (primary N) is 1. The molecular weight excluding hydrogens is 359 g/mol. The van der Waals surface area contributed by atoms with Crippen LogP contribution >= 0.6 is 51.3 Å². The summed E-state index contributed by atoms with van der Waals surface area (Å²) in [6.07, 6.45) is 0.531. The fourth-order valence-electron chi connectivity index (χ4n) is 1.36. The highest BCUT2D eigenvalue weighted by atomic mass is 79.9. The minimum Gasteiger partial charge on any atom is -0.393 e. The largest absolute Gasteiger partial charge is 0.393 e. The molecule has 1 amide bonds. The third kappa shape index (κ3) is 3.57. The van der Waals surface area contributed by atoms with Crippen molar-refractivity contribution in [3.63, 3.8) is 0 Å². The summed E-state index contributed by atoms with van der Waals surface area (Å²) >= 11 is 20.1. The van der Waals surface area contributed by atoms with E-state index in [4.69, 9.17) is 41.2 Å². The number of halogens is 3. The van der Waals surface area contributed by atoms with Crippen LogP contribution in [0.5, 0.6) is 0 Å². The Labute approximate surface area is 129 Å². The van der Waals surface area contributed by atoms with Crippen molar-refractivity contribution in [3.8, 4) is 0 Å². The van der Waals surface area contributed by atoms with Crippen molar-refractivity contribution >= 4 is 67.9 Å². The van der Waals surface area contributed by atoms with Gasteiger partial charge in [-0.1, -0.05) is 42.3 Å². The van der Waals surface area contributed by atoms with E-state index in [1.54, 1.807) is 12.1 Å². The van der Waals surface area contributed by atoms with Gasteiger partial charge in [-0.25, -0.2) is 0 Å². The molecule has 1 rings (SSSR count). The molecule has 0 aliphatic rings. The third-order valence-corrected chi connectivity index (χ3v) is 4.42. The second-order valence-corrected chi connectivity index (χ2v) is 5.66. The smallest absolute Gasteiger partial charge is 0.234 e. The molecule has 0 saturated heterocycles. The number of carbonyl (C=O) groups is 1. The van der Waals surface area contributed by atoms with Gasteiger partial charge < -0.3 is 11.1 Å². The molecule has 7 heteroatoms. The molecule has 0 spiro atoms. The maximum Gasteiger partial charge on any atom is 0.234 e. The maximum absolute atomic E-state index is 11.9. The highest BCUT2D eigenvalue weighted by molar-refractivity contribution is 9.10. The van der Waals surface area contributed by atoms with Crippen LogP contribution in [0.3, 0.4) is 0 Å². The molecular formula is C11H11BrCl2N2OS. The molecule has 0 aromatic heterocycles. The van der Waals surface area contributed by atoms with Gasteiger partial charge in [0, 0.05) is 4.47 Å². The van der Waals surface area contributed by atoms with Crippen molar-refractivity contribution in [2.24, 2.45) is 11.7 Å². The van der Waals surface area contributed by atoms with Crippen molar-refractivity contribution in [1.29, 1.82) is 0 Å². The van der Waals surface area contributed by atoms with Crippen LogP contribution in [0.15, 0.2) is 16.6 Å². The van der Waals surface area contributed by atoms with E-state index >= 15 is 0 Å². The van der Waals surface area contributed by atoms with Crippen LogP contribution in [0.4, 0.5) is 5.69 Å². The van der Waals surface area contributed by atoms with Crippen molar-refractivity contribution in [2.75, 3.05) is 5.32 Å². The lowest BCUT2D eigenvalue weighted by molar-refractivity contribution is -0.118. The van der Waals surface area contributed by atoms with Crippen molar-refractivity contribution in [3.05, 3.63) is 26.7 Å². The molecule has 98 valence electrons. The van der Waals surface area contributed by atoms with Crippen LogP contribution in [0.1, 0.15) is 13.3 Å². The number of hydrogen-bond donors (Lipinski definition) is 2. The first kappa shape index (κ1) is 15.7. The molecule has 0 aliphatic carbocycles. The number of hydrogen-bond acceptors (Lipinski definition) is 2. The normalized spacial score (nSPS) is 12.0. The van der Waals surface area contributed by atoms with Gasteiger partial charge in [-0.05, 0) is 34.5 Å². The lowest BCUT2D eigenvalue weighted by atomic mass is 10.1. The number of thiocarbonyl (C=S) groups is 1. The molecule has 1 aromatic rings. The standard InChI is InChI=1S/C11H11BrCl2N2OS/c1-2-5(10(15)18)11(17)16-7-4-3-6(12)8(13)9(7)14/h3-5H,2H2,1H3,(H2,15,18)(H,16,17). The molecule has 0 heterocycles. The van der Waals surface area contributed by atoms with E-state index in [0.29, 0.717) is 21.6 Å². The molecule has 0 saturated carbocycles. The zero-order valence-electron chi connectivity index (χ0n) is 9.47. The number of carbonyl (C=O) groups excluding carboxylic acids is 1. The Morgan fingerprint density at radius 1 is 1.50 bits per heavy atom. The summed E-state index contributed by atoms with van der Waals surface area (Å²) in [5, 5.41) is 3.29. The SMILES string of the molecule is CCC(C(=O)Nc1ccc(Br)c(Cl)c1Cl)C(N)=S. The number of benzene rings is 1. The highest BCUT2D eigenvalue weighted by Crippen LogP contribution is 2.36. The lowest BCUT2D eigenvalue weighted by Gasteiger charge is -2.15. The quantitative estimate of drug-likeness (QED) is 0.622. The first-order chi connectivity index (χ1) is 8.38. The third-order valence-electron chi connectivity index (χ3n) is 2.36. The topological polar surface area (TPSA) is 55.1 Å². The van der Waals surface area contributed by atoms with Gasteiger partial charge >= 0.3 is 0 Å². The molecule has 3 N–H and O–H groups in total. The van der Waals surface area contributed by atoms with Gasteiger partial charge in [0.05, 0.1) is 26.6 Å². The van der Waals surface area contributed by atoms with Gasteiger partial charge in [0.1, 0.15) is 0 Å². The first-order valence-electron chi connectivity index (χ1n) is 5.12. The predicted octanol–water partition coefficient (Wildman–Crippen LogP) is 4.01. The lowest BCUT2D eigenvalue weighted by Crippen LogP contribution is -2.32. The van der Waals surface area contributed by atoms with Crippen molar-refractivity contribution < 1.29 is 4.79 Å². The summed E-state index contributed by atoms with van der Waals surface area (Å²) < 4.78 is 0.661. The van der Waals surface area contributed by atoms with Crippen LogP contribution in [0.2, 0.25) is 10.0 Å². The molecule has 1 unspecified atom stereocenters. The monoisotopic (exact) mass is 368 g/mol. The van der Waals surface area contributed by atoms with Gasteiger partial charge in [-0.3, -0.25) is 4.79 Å². The van der Waals surface area contributed by atoms with Crippen LogP contribution in [0.25, 0.3) is 0 Å². The Balaban J connectivity index is 2.95. The van der Waals surface area contributed by atoms with Gasteiger partial charge in [0.25, 0.3) is 0 Å².